The second-order valence-corrected chi connectivity index (χ2v) is 6.68. The molecule has 3 heterocycles. The summed E-state index contributed by atoms with van der Waals surface area (Å²) in [5.41, 5.74) is 2.69. The number of carbonyl (C=O) groups is 1. The van der Waals surface area contributed by atoms with Crippen molar-refractivity contribution >= 4 is 22.8 Å². The molecule has 4 aromatic rings. The van der Waals surface area contributed by atoms with Crippen LogP contribution < -0.4 is 5.32 Å². The highest BCUT2D eigenvalue weighted by molar-refractivity contribution is 5.89. The second-order valence-electron chi connectivity index (χ2n) is 6.68. The third-order valence-corrected chi connectivity index (χ3v) is 4.39. The van der Waals surface area contributed by atoms with Gasteiger partial charge in [0.15, 0.2) is 5.82 Å². The Labute approximate surface area is 156 Å². The molecule has 138 valence electrons. The molecular weight excluding hydrogens is 342 g/mol. The van der Waals surface area contributed by atoms with Crippen LogP contribution in [-0.4, -0.2) is 35.0 Å². The van der Waals surface area contributed by atoms with Crippen molar-refractivity contribution in [3.8, 4) is 11.5 Å². The van der Waals surface area contributed by atoms with Gasteiger partial charge in [-0.25, -0.2) is 9.67 Å². The first-order chi connectivity index (χ1) is 13.0. The topological polar surface area (TPSA) is 82.6 Å². The standard InChI is InChI=1S/C19H21N7O/c1-13(2)26-17(8-10-20-26)22-18(27)12-25-11-9-15(23-25)19-21-14-6-4-5-7-16(14)24(19)3/h4-11,13H,12H2,1-3H3,(H,22,27). The van der Waals surface area contributed by atoms with Crippen LogP contribution in [0.15, 0.2) is 48.8 Å². The van der Waals surface area contributed by atoms with Gasteiger partial charge in [0.2, 0.25) is 5.91 Å². The van der Waals surface area contributed by atoms with Crippen molar-refractivity contribution in [1.29, 1.82) is 0 Å². The first-order valence-corrected chi connectivity index (χ1v) is 8.81. The number of para-hydroxylation sites is 2. The molecule has 0 spiro atoms. The molecule has 0 atom stereocenters. The van der Waals surface area contributed by atoms with Crippen molar-refractivity contribution in [2.45, 2.75) is 26.4 Å². The SMILES string of the molecule is CC(C)n1nccc1NC(=O)Cn1ccc(-c2nc3ccccc3n2C)n1. The Morgan fingerprint density at radius 3 is 2.78 bits per heavy atom. The van der Waals surface area contributed by atoms with Gasteiger partial charge in [-0.1, -0.05) is 12.1 Å². The van der Waals surface area contributed by atoms with Crippen molar-refractivity contribution in [1.82, 2.24) is 29.1 Å². The van der Waals surface area contributed by atoms with Crippen molar-refractivity contribution < 1.29 is 4.79 Å². The molecule has 0 unspecified atom stereocenters. The number of nitrogens with zero attached hydrogens (tertiary/aromatic N) is 6. The lowest BCUT2D eigenvalue weighted by Crippen LogP contribution is -2.21. The summed E-state index contributed by atoms with van der Waals surface area (Å²) in [6, 6.07) is 11.8. The maximum atomic E-state index is 12.4. The highest BCUT2D eigenvalue weighted by Crippen LogP contribution is 2.22. The number of amides is 1. The number of benzene rings is 1. The fourth-order valence-electron chi connectivity index (χ4n) is 3.10. The molecule has 0 bridgehead atoms. The number of aryl methyl sites for hydroxylation is 1. The molecule has 0 aliphatic carbocycles. The third kappa shape index (κ3) is 3.21. The van der Waals surface area contributed by atoms with E-state index in [1.165, 1.54) is 0 Å². The van der Waals surface area contributed by atoms with E-state index in [-0.39, 0.29) is 18.5 Å². The lowest BCUT2D eigenvalue weighted by atomic mass is 10.3. The first kappa shape index (κ1) is 17.0. The Kier molecular flexibility index (Phi) is 4.23. The van der Waals surface area contributed by atoms with E-state index < -0.39 is 0 Å². The van der Waals surface area contributed by atoms with E-state index in [0.717, 1.165) is 22.6 Å². The van der Waals surface area contributed by atoms with E-state index in [1.54, 1.807) is 27.8 Å². The summed E-state index contributed by atoms with van der Waals surface area (Å²) >= 11 is 0. The van der Waals surface area contributed by atoms with E-state index in [9.17, 15) is 4.79 Å². The quantitative estimate of drug-likeness (QED) is 0.591. The Bertz CT molecular complexity index is 1100. The highest BCUT2D eigenvalue weighted by Gasteiger charge is 2.14. The lowest BCUT2D eigenvalue weighted by molar-refractivity contribution is -0.116. The van der Waals surface area contributed by atoms with Crippen molar-refractivity contribution in [3.05, 3.63) is 48.8 Å². The number of carbonyl (C=O) groups excluding carboxylic acids is 1. The Hall–Kier alpha value is -3.42. The molecular formula is C19H21N7O. The molecule has 1 amide bonds. The monoisotopic (exact) mass is 363 g/mol. The number of nitrogens with one attached hydrogen (secondary N) is 1. The second kappa shape index (κ2) is 6.71. The third-order valence-electron chi connectivity index (χ3n) is 4.39. The summed E-state index contributed by atoms with van der Waals surface area (Å²) in [6.45, 7) is 4.14. The van der Waals surface area contributed by atoms with Gasteiger partial charge < -0.3 is 9.88 Å². The van der Waals surface area contributed by atoms with Crippen molar-refractivity contribution in [2.24, 2.45) is 7.05 Å². The number of hydrogen-bond donors (Lipinski definition) is 1. The van der Waals surface area contributed by atoms with E-state index in [1.807, 2.05) is 55.8 Å². The number of imidazole rings is 1. The van der Waals surface area contributed by atoms with Gasteiger partial charge in [-0.3, -0.25) is 9.48 Å². The van der Waals surface area contributed by atoms with Gasteiger partial charge in [-0.2, -0.15) is 10.2 Å². The zero-order chi connectivity index (χ0) is 19.0. The van der Waals surface area contributed by atoms with Crippen molar-refractivity contribution in [3.63, 3.8) is 0 Å². The van der Waals surface area contributed by atoms with Crippen LogP contribution in [0, 0.1) is 0 Å². The minimum Gasteiger partial charge on any atom is -0.326 e. The lowest BCUT2D eigenvalue weighted by Gasteiger charge is -2.11. The summed E-state index contributed by atoms with van der Waals surface area (Å²) in [6.07, 6.45) is 3.46. The summed E-state index contributed by atoms with van der Waals surface area (Å²) in [5.74, 6) is 1.29. The zero-order valence-corrected chi connectivity index (χ0v) is 15.5. The summed E-state index contributed by atoms with van der Waals surface area (Å²) in [4.78, 5) is 17.0. The van der Waals surface area contributed by atoms with Crippen molar-refractivity contribution in [2.75, 3.05) is 5.32 Å². The fraction of sp³-hybridized carbons (Fsp3) is 0.263. The van der Waals surface area contributed by atoms with Crippen LogP contribution >= 0.6 is 0 Å². The number of anilines is 1. The normalized spacial score (nSPS) is 11.4. The van der Waals surface area contributed by atoms with Gasteiger partial charge in [0.1, 0.15) is 18.1 Å². The van der Waals surface area contributed by atoms with E-state index in [2.05, 4.69) is 20.5 Å². The molecule has 3 aromatic heterocycles. The van der Waals surface area contributed by atoms with Gasteiger partial charge in [0.05, 0.1) is 17.2 Å². The molecule has 8 heteroatoms. The summed E-state index contributed by atoms with van der Waals surface area (Å²) < 4.78 is 5.38. The molecule has 0 saturated carbocycles. The summed E-state index contributed by atoms with van der Waals surface area (Å²) in [7, 11) is 1.96. The average molecular weight is 363 g/mol. The van der Waals surface area contributed by atoms with E-state index >= 15 is 0 Å². The van der Waals surface area contributed by atoms with Gasteiger partial charge in [0, 0.05) is 25.4 Å². The Morgan fingerprint density at radius 1 is 1.19 bits per heavy atom. The molecule has 0 aliphatic heterocycles. The van der Waals surface area contributed by atoms with Crippen LogP contribution in [0.1, 0.15) is 19.9 Å². The molecule has 27 heavy (non-hydrogen) atoms. The maximum absolute atomic E-state index is 12.4. The number of aromatic nitrogens is 6. The van der Waals surface area contributed by atoms with Crippen LogP contribution in [0.4, 0.5) is 5.82 Å². The van der Waals surface area contributed by atoms with Crippen LogP contribution in [0.5, 0.6) is 0 Å². The van der Waals surface area contributed by atoms with E-state index in [0.29, 0.717) is 5.82 Å². The number of hydrogen-bond acceptors (Lipinski definition) is 4. The van der Waals surface area contributed by atoms with Crippen LogP contribution in [0.2, 0.25) is 0 Å². The predicted molar refractivity (Wildman–Crippen MR) is 103 cm³/mol. The number of fused-ring (bicyclic) bond motifs is 1. The van der Waals surface area contributed by atoms with Gasteiger partial charge in [-0.15, -0.1) is 0 Å². The molecule has 8 nitrogen and oxygen atoms in total. The minimum absolute atomic E-state index is 0.118. The molecule has 0 aliphatic rings. The zero-order valence-electron chi connectivity index (χ0n) is 15.5. The smallest absolute Gasteiger partial charge is 0.247 e. The largest absolute Gasteiger partial charge is 0.326 e. The predicted octanol–water partition coefficient (Wildman–Crippen LogP) is 2.85. The molecule has 0 saturated heterocycles. The minimum atomic E-state index is -0.156. The first-order valence-electron chi connectivity index (χ1n) is 8.81. The Morgan fingerprint density at radius 2 is 2.00 bits per heavy atom. The average Bonchev–Trinajstić information content (AvgIpc) is 3.35. The van der Waals surface area contributed by atoms with Crippen LogP contribution in [-0.2, 0) is 18.4 Å². The molecule has 4 rings (SSSR count). The highest BCUT2D eigenvalue weighted by atomic mass is 16.2. The maximum Gasteiger partial charge on any atom is 0.247 e. The summed E-state index contributed by atoms with van der Waals surface area (Å²) in [5, 5.41) is 11.6. The van der Waals surface area contributed by atoms with Gasteiger partial charge in [0.25, 0.3) is 0 Å². The van der Waals surface area contributed by atoms with E-state index in [4.69, 9.17) is 0 Å². The fourth-order valence-corrected chi connectivity index (χ4v) is 3.10. The Balaban J connectivity index is 1.51. The molecule has 0 fully saturated rings. The number of rotatable bonds is 5. The molecule has 0 radical (unpaired) electrons. The van der Waals surface area contributed by atoms with Gasteiger partial charge >= 0.3 is 0 Å². The van der Waals surface area contributed by atoms with Crippen LogP contribution in [0.25, 0.3) is 22.6 Å². The van der Waals surface area contributed by atoms with Crippen LogP contribution in [0.3, 0.4) is 0 Å². The molecule has 1 aromatic carbocycles. The molecule has 1 N–H and O–H groups in total. The van der Waals surface area contributed by atoms with Gasteiger partial charge in [-0.05, 0) is 32.0 Å².